The average Bonchev–Trinajstić information content (AvgIpc) is 2.44. The summed E-state index contributed by atoms with van der Waals surface area (Å²) in [6, 6.07) is 6.23. The lowest BCUT2D eigenvalue weighted by Gasteiger charge is -1.91. The molecule has 0 saturated carbocycles. The van der Waals surface area contributed by atoms with E-state index in [-0.39, 0.29) is 0 Å². The van der Waals surface area contributed by atoms with Crippen molar-refractivity contribution in [1.29, 1.82) is 0 Å². The van der Waals surface area contributed by atoms with E-state index in [9.17, 15) is 0 Å². The first-order valence-electron chi connectivity index (χ1n) is 4.50. The predicted molar refractivity (Wildman–Crippen MR) is 59.7 cm³/mol. The molecule has 1 unspecified atom stereocenters. The summed E-state index contributed by atoms with van der Waals surface area (Å²) in [6.45, 7) is 4.24. The minimum absolute atomic E-state index is 0.965. The summed E-state index contributed by atoms with van der Waals surface area (Å²) in [5, 5.41) is 2.45. The number of benzene rings is 1. The number of aryl methyl sites for hydroxylation is 2. The van der Waals surface area contributed by atoms with Gasteiger partial charge in [-0.2, -0.15) is 0 Å². The van der Waals surface area contributed by atoms with Gasteiger partial charge in [-0.3, -0.25) is 0 Å². The lowest BCUT2D eigenvalue weighted by atomic mass is 10.1. The largest absolute Gasteiger partial charge is 0.461 e. The van der Waals surface area contributed by atoms with Crippen molar-refractivity contribution in [2.75, 3.05) is 0 Å². The van der Waals surface area contributed by atoms with Crippen LogP contribution in [0.2, 0.25) is 0 Å². The van der Waals surface area contributed by atoms with E-state index in [0.29, 0.717) is 0 Å². The minimum atomic E-state index is 0.965. The highest BCUT2D eigenvalue weighted by atomic mass is 31.0. The predicted octanol–water partition coefficient (Wildman–Crippen LogP) is 2.80. The van der Waals surface area contributed by atoms with Crippen LogP contribution in [-0.2, 0) is 6.42 Å². The first-order chi connectivity index (χ1) is 6.22. The number of hydrogen-bond donors (Lipinski definition) is 0. The number of hydrogen-bond acceptors (Lipinski definition) is 1. The maximum absolute atomic E-state index is 5.69. The van der Waals surface area contributed by atoms with Crippen LogP contribution in [0.4, 0.5) is 0 Å². The Morgan fingerprint density at radius 2 is 2.15 bits per heavy atom. The minimum Gasteiger partial charge on any atom is -0.461 e. The summed E-state index contributed by atoms with van der Waals surface area (Å²) >= 11 is 0. The fraction of sp³-hybridized carbons (Fsp3) is 0.273. The highest BCUT2D eigenvalue weighted by molar-refractivity contribution is 7.27. The van der Waals surface area contributed by atoms with Gasteiger partial charge in [-0.05, 0) is 29.9 Å². The van der Waals surface area contributed by atoms with Gasteiger partial charge in [0.25, 0.3) is 0 Å². The standard InChI is InChI=1S/C11H13OP/c1-3-10-7(2)9-6-8(13)4-5-11(9)12-10/h4-6H,3,13H2,1-2H3. The van der Waals surface area contributed by atoms with E-state index in [1.54, 1.807) is 0 Å². The van der Waals surface area contributed by atoms with Crippen molar-refractivity contribution < 1.29 is 4.42 Å². The van der Waals surface area contributed by atoms with Crippen LogP contribution in [0.25, 0.3) is 11.0 Å². The molecule has 2 aromatic rings. The van der Waals surface area contributed by atoms with Crippen molar-refractivity contribution in [1.82, 2.24) is 0 Å². The fourth-order valence-electron chi connectivity index (χ4n) is 1.63. The van der Waals surface area contributed by atoms with E-state index in [2.05, 4.69) is 35.2 Å². The van der Waals surface area contributed by atoms with Crippen LogP contribution in [0.5, 0.6) is 0 Å². The van der Waals surface area contributed by atoms with Gasteiger partial charge in [0.2, 0.25) is 0 Å². The van der Waals surface area contributed by atoms with Gasteiger partial charge in [0, 0.05) is 11.8 Å². The molecule has 0 aliphatic carbocycles. The highest BCUT2D eigenvalue weighted by Gasteiger charge is 2.07. The number of furan rings is 1. The maximum atomic E-state index is 5.69. The van der Waals surface area contributed by atoms with Crippen LogP contribution in [0.15, 0.2) is 22.6 Å². The van der Waals surface area contributed by atoms with Crippen molar-refractivity contribution in [3.8, 4) is 0 Å². The van der Waals surface area contributed by atoms with E-state index in [4.69, 9.17) is 4.42 Å². The SMILES string of the molecule is CCc1oc2ccc(P)cc2c1C. The molecule has 1 nitrogen and oxygen atoms in total. The zero-order valence-corrected chi connectivity index (χ0v) is 9.08. The third-order valence-electron chi connectivity index (χ3n) is 2.38. The van der Waals surface area contributed by atoms with E-state index >= 15 is 0 Å². The molecule has 0 bridgehead atoms. The monoisotopic (exact) mass is 192 g/mol. The molecular formula is C11H13OP. The third kappa shape index (κ3) is 1.38. The van der Waals surface area contributed by atoms with Crippen LogP contribution < -0.4 is 5.30 Å². The third-order valence-corrected chi connectivity index (χ3v) is 2.74. The Kier molecular flexibility index (Phi) is 2.13. The number of rotatable bonds is 1. The molecule has 0 fully saturated rings. The smallest absolute Gasteiger partial charge is 0.134 e. The van der Waals surface area contributed by atoms with Crippen LogP contribution in [-0.4, -0.2) is 0 Å². The van der Waals surface area contributed by atoms with Gasteiger partial charge >= 0.3 is 0 Å². The molecule has 0 radical (unpaired) electrons. The molecule has 13 heavy (non-hydrogen) atoms. The second-order valence-corrected chi connectivity index (χ2v) is 3.93. The van der Waals surface area contributed by atoms with Gasteiger partial charge in [0.1, 0.15) is 11.3 Å². The first-order valence-corrected chi connectivity index (χ1v) is 5.07. The van der Waals surface area contributed by atoms with Crippen molar-refractivity contribution in [2.45, 2.75) is 20.3 Å². The molecule has 0 amide bonds. The molecule has 1 atom stereocenters. The lowest BCUT2D eigenvalue weighted by Crippen LogP contribution is -1.86. The lowest BCUT2D eigenvalue weighted by molar-refractivity contribution is 0.553. The van der Waals surface area contributed by atoms with Crippen LogP contribution in [0.3, 0.4) is 0 Å². The first kappa shape index (κ1) is 8.77. The van der Waals surface area contributed by atoms with Crippen LogP contribution >= 0.6 is 9.24 Å². The average molecular weight is 192 g/mol. The quantitative estimate of drug-likeness (QED) is 0.633. The molecule has 68 valence electrons. The van der Waals surface area contributed by atoms with Gasteiger partial charge in [-0.25, -0.2) is 0 Å². The molecular weight excluding hydrogens is 179 g/mol. The summed E-state index contributed by atoms with van der Waals surface area (Å²) in [7, 11) is 2.71. The normalized spacial score (nSPS) is 11.0. The second-order valence-electron chi connectivity index (χ2n) is 3.26. The summed E-state index contributed by atoms with van der Waals surface area (Å²) in [5.74, 6) is 1.10. The van der Waals surface area contributed by atoms with E-state index in [1.807, 2.05) is 6.07 Å². The molecule has 0 saturated heterocycles. The zero-order valence-electron chi connectivity index (χ0n) is 7.92. The summed E-state index contributed by atoms with van der Waals surface area (Å²) < 4.78 is 5.69. The zero-order chi connectivity index (χ0) is 9.42. The fourth-order valence-corrected chi connectivity index (χ4v) is 1.89. The molecule has 0 N–H and O–H groups in total. The van der Waals surface area contributed by atoms with Gasteiger partial charge in [-0.1, -0.05) is 13.0 Å². The van der Waals surface area contributed by atoms with Gasteiger partial charge in [0.05, 0.1) is 0 Å². The second kappa shape index (κ2) is 3.16. The topological polar surface area (TPSA) is 13.1 Å². The highest BCUT2D eigenvalue weighted by Crippen LogP contribution is 2.24. The van der Waals surface area contributed by atoms with Crippen molar-refractivity contribution in [2.24, 2.45) is 0 Å². The molecule has 0 aliphatic rings. The summed E-state index contributed by atoms with van der Waals surface area (Å²) in [6.07, 6.45) is 0.965. The Balaban J connectivity index is 2.77. The molecule has 1 heterocycles. The van der Waals surface area contributed by atoms with Crippen molar-refractivity contribution >= 4 is 25.5 Å². The van der Waals surface area contributed by atoms with Gasteiger partial charge in [0.15, 0.2) is 0 Å². The molecule has 0 spiro atoms. The van der Waals surface area contributed by atoms with Crippen molar-refractivity contribution in [3.05, 3.63) is 29.5 Å². The van der Waals surface area contributed by atoms with E-state index < -0.39 is 0 Å². The molecule has 1 aromatic heterocycles. The Morgan fingerprint density at radius 1 is 1.38 bits per heavy atom. The van der Waals surface area contributed by atoms with Crippen LogP contribution in [0.1, 0.15) is 18.2 Å². The Morgan fingerprint density at radius 3 is 2.85 bits per heavy atom. The number of fused-ring (bicyclic) bond motifs is 1. The maximum Gasteiger partial charge on any atom is 0.134 e. The molecule has 2 heteroatoms. The summed E-state index contributed by atoms with van der Waals surface area (Å²) in [4.78, 5) is 0. The van der Waals surface area contributed by atoms with Gasteiger partial charge in [-0.15, -0.1) is 9.24 Å². The van der Waals surface area contributed by atoms with E-state index in [1.165, 1.54) is 16.3 Å². The summed E-state index contributed by atoms with van der Waals surface area (Å²) in [5.41, 5.74) is 2.28. The van der Waals surface area contributed by atoms with Crippen LogP contribution in [0, 0.1) is 6.92 Å². The van der Waals surface area contributed by atoms with Gasteiger partial charge < -0.3 is 4.42 Å². The Hall–Kier alpha value is -0.810. The Labute approximate surface area is 80.3 Å². The molecule has 2 rings (SSSR count). The molecule has 1 aromatic carbocycles. The Bertz CT molecular complexity index is 443. The molecule has 0 aliphatic heterocycles. The van der Waals surface area contributed by atoms with E-state index in [0.717, 1.165) is 17.8 Å². The van der Waals surface area contributed by atoms with Crippen molar-refractivity contribution in [3.63, 3.8) is 0 Å².